The van der Waals surface area contributed by atoms with Gasteiger partial charge in [-0.1, -0.05) is 30.3 Å². The number of esters is 1. The smallest absolute Gasteiger partial charge is 0.308 e. The van der Waals surface area contributed by atoms with Crippen molar-refractivity contribution in [2.45, 2.75) is 26.3 Å². The summed E-state index contributed by atoms with van der Waals surface area (Å²) in [4.78, 5) is 22.7. The Labute approximate surface area is 104 Å². The van der Waals surface area contributed by atoms with Gasteiger partial charge in [-0.15, -0.1) is 0 Å². The van der Waals surface area contributed by atoms with Gasteiger partial charge in [-0.2, -0.15) is 0 Å². The van der Waals surface area contributed by atoms with Crippen LogP contribution in [0.25, 0.3) is 0 Å². The third kappa shape index (κ3) is 4.68. The van der Waals surface area contributed by atoms with Crippen LogP contribution in [0.3, 0.4) is 0 Å². The molecule has 0 fully saturated rings. The van der Waals surface area contributed by atoms with Gasteiger partial charge >= 0.3 is 5.97 Å². The fourth-order valence-electron chi connectivity index (χ4n) is 1.50. The molecule has 0 bridgehead atoms. The van der Waals surface area contributed by atoms with Gasteiger partial charge in [0.2, 0.25) is 5.91 Å². The second kappa shape index (κ2) is 6.68. The van der Waals surface area contributed by atoms with Crippen LogP contribution in [0.15, 0.2) is 30.3 Å². The van der Waals surface area contributed by atoms with E-state index in [4.69, 9.17) is 7.48 Å². The number of hydrogen-bond acceptors (Lipinski definition) is 3. The van der Waals surface area contributed by atoms with E-state index in [1.807, 2.05) is 30.3 Å². The second-order valence-corrected chi connectivity index (χ2v) is 3.55. The molecular formula is C13H17NO3. The first-order valence-corrected chi connectivity index (χ1v) is 5.31. The molecule has 17 heavy (non-hydrogen) atoms. The zero-order valence-electron chi connectivity index (χ0n) is 11.7. The molecule has 0 saturated carbocycles. The molecule has 1 aromatic carbocycles. The van der Waals surface area contributed by atoms with E-state index < -0.39 is 18.9 Å². The summed E-state index contributed by atoms with van der Waals surface area (Å²) in [6.45, 7) is -0.0782. The van der Waals surface area contributed by atoms with Gasteiger partial charge in [-0.25, -0.2) is 0 Å². The molecule has 1 amide bonds. The highest BCUT2D eigenvalue weighted by molar-refractivity contribution is 5.76. The van der Waals surface area contributed by atoms with Crippen LogP contribution >= 0.6 is 0 Å². The third-order valence-electron chi connectivity index (χ3n) is 2.19. The number of carbonyl (C=O) groups is 2. The van der Waals surface area contributed by atoms with Crippen LogP contribution in [0.5, 0.6) is 0 Å². The van der Waals surface area contributed by atoms with E-state index in [0.717, 1.165) is 5.56 Å². The molecule has 4 nitrogen and oxygen atoms in total. The minimum absolute atomic E-state index is 0.0175. The Hall–Kier alpha value is -1.84. The number of rotatable bonds is 5. The van der Waals surface area contributed by atoms with Gasteiger partial charge in [0.15, 0.2) is 0 Å². The molecule has 0 aliphatic carbocycles. The molecule has 1 rings (SSSR count). The summed E-state index contributed by atoms with van der Waals surface area (Å²) >= 11 is 0. The fourth-order valence-corrected chi connectivity index (χ4v) is 1.50. The predicted octanol–water partition coefficient (Wildman–Crippen LogP) is 1.82. The number of benzene rings is 1. The molecule has 0 saturated heterocycles. The summed E-state index contributed by atoms with van der Waals surface area (Å²) in [6, 6.07) is 8.65. The van der Waals surface area contributed by atoms with E-state index >= 15 is 0 Å². The fraction of sp³-hybridized carbons (Fsp3) is 0.385. The summed E-state index contributed by atoms with van der Waals surface area (Å²) in [7, 11) is 0. The monoisotopic (exact) mass is 237 g/mol. The molecule has 0 aliphatic rings. The van der Waals surface area contributed by atoms with Crippen molar-refractivity contribution in [1.29, 1.82) is 0 Å². The maximum Gasteiger partial charge on any atom is 0.308 e. The maximum absolute atomic E-state index is 11.6. The van der Waals surface area contributed by atoms with E-state index in [2.05, 4.69) is 5.32 Å². The van der Waals surface area contributed by atoms with Crippen LogP contribution in [0.2, 0.25) is 0 Å². The number of ether oxygens (including phenoxy) is 1. The molecule has 1 unspecified atom stereocenters. The predicted molar refractivity (Wildman–Crippen MR) is 64.2 cm³/mol. The van der Waals surface area contributed by atoms with Gasteiger partial charge in [0.1, 0.15) is 0 Å². The molecule has 4 heteroatoms. The molecule has 92 valence electrons. The van der Waals surface area contributed by atoms with Crippen molar-refractivity contribution in [2.24, 2.45) is 0 Å². The van der Waals surface area contributed by atoms with E-state index in [9.17, 15) is 9.59 Å². The van der Waals surface area contributed by atoms with Crippen molar-refractivity contribution in [3.63, 3.8) is 0 Å². The Morgan fingerprint density at radius 1 is 1.41 bits per heavy atom. The van der Waals surface area contributed by atoms with Crippen LogP contribution in [-0.2, 0) is 14.3 Å². The lowest BCUT2D eigenvalue weighted by Crippen LogP contribution is -2.28. The summed E-state index contributed by atoms with van der Waals surface area (Å²) in [5, 5.41) is 2.68. The first-order chi connectivity index (χ1) is 8.99. The number of amides is 1. The molecule has 0 aliphatic heterocycles. The number of nitrogens with one attached hydrogen (secondary N) is 1. The lowest BCUT2D eigenvalue weighted by Gasteiger charge is -2.17. The second-order valence-electron chi connectivity index (χ2n) is 3.55. The van der Waals surface area contributed by atoms with Gasteiger partial charge in [-0.05, 0) is 12.4 Å². The van der Waals surface area contributed by atoms with Crippen molar-refractivity contribution in [3.8, 4) is 0 Å². The molecule has 0 radical (unpaired) electrons. The Balaban J connectivity index is 2.65. The van der Waals surface area contributed by atoms with Gasteiger partial charge in [-0.3, -0.25) is 9.59 Å². The highest BCUT2D eigenvalue weighted by atomic mass is 16.5. The Bertz CT molecular complexity index is 423. The molecule has 1 aromatic rings. The van der Waals surface area contributed by atoms with Crippen LogP contribution < -0.4 is 5.32 Å². The molecule has 1 atom stereocenters. The van der Waals surface area contributed by atoms with Crippen LogP contribution in [0.4, 0.5) is 0 Å². The minimum atomic E-state index is -1.19. The van der Waals surface area contributed by atoms with E-state index in [1.165, 1.54) is 6.92 Å². The van der Waals surface area contributed by atoms with Crippen LogP contribution in [0, 0.1) is 0 Å². The largest absolute Gasteiger partial charge is 0.466 e. The van der Waals surface area contributed by atoms with Crippen molar-refractivity contribution in [3.05, 3.63) is 35.9 Å². The van der Waals surface area contributed by atoms with E-state index in [1.54, 1.807) is 0 Å². The van der Waals surface area contributed by atoms with E-state index in [-0.39, 0.29) is 18.9 Å². The minimum Gasteiger partial charge on any atom is -0.466 e. The SMILES string of the molecule is [2H]C([2H])COC(=O)CC(NC(C)=O)c1ccccc1. The van der Waals surface area contributed by atoms with Crippen LogP contribution in [-0.4, -0.2) is 18.5 Å². The lowest BCUT2D eigenvalue weighted by atomic mass is 10.0. The Kier molecular flexibility index (Phi) is 4.06. The maximum atomic E-state index is 11.6. The average Bonchev–Trinajstić information content (AvgIpc) is 2.36. The summed E-state index contributed by atoms with van der Waals surface area (Å²) in [6.07, 6.45) is -0.0175. The molecule has 0 heterocycles. The quantitative estimate of drug-likeness (QED) is 0.795. The summed E-state index contributed by atoms with van der Waals surface area (Å²) in [5.41, 5.74) is 0.808. The highest BCUT2D eigenvalue weighted by Crippen LogP contribution is 2.16. The summed E-state index contributed by atoms with van der Waals surface area (Å²) in [5.74, 6) is -0.771. The van der Waals surface area contributed by atoms with E-state index in [0.29, 0.717) is 0 Å². The molecular weight excluding hydrogens is 218 g/mol. The van der Waals surface area contributed by atoms with Crippen LogP contribution in [0.1, 0.15) is 34.6 Å². The zero-order chi connectivity index (χ0) is 14.3. The van der Waals surface area contributed by atoms with Gasteiger partial charge in [0, 0.05) is 9.67 Å². The number of hydrogen-bond donors (Lipinski definition) is 1. The highest BCUT2D eigenvalue weighted by Gasteiger charge is 2.17. The Morgan fingerprint density at radius 2 is 2.12 bits per heavy atom. The molecule has 0 spiro atoms. The van der Waals surface area contributed by atoms with Gasteiger partial charge in [0.25, 0.3) is 0 Å². The van der Waals surface area contributed by atoms with Crippen molar-refractivity contribution < 1.29 is 17.1 Å². The third-order valence-corrected chi connectivity index (χ3v) is 2.19. The topological polar surface area (TPSA) is 55.4 Å². The summed E-state index contributed by atoms with van der Waals surface area (Å²) < 4.78 is 18.7. The normalized spacial score (nSPS) is 13.5. The first-order valence-electron chi connectivity index (χ1n) is 6.46. The van der Waals surface area contributed by atoms with Crippen molar-refractivity contribution in [2.75, 3.05) is 6.61 Å². The molecule has 0 aromatic heterocycles. The lowest BCUT2D eigenvalue weighted by molar-refractivity contribution is -0.143. The number of carbonyl (C=O) groups excluding carboxylic acids is 2. The Morgan fingerprint density at radius 3 is 2.71 bits per heavy atom. The first kappa shape index (κ1) is 10.3. The zero-order valence-corrected chi connectivity index (χ0v) is 9.68. The van der Waals surface area contributed by atoms with Crippen molar-refractivity contribution >= 4 is 11.9 Å². The van der Waals surface area contributed by atoms with Gasteiger partial charge in [0.05, 0.1) is 19.1 Å². The van der Waals surface area contributed by atoms with Crippen molar-refractivity contribution in [1.82, 2.24) is 5.32 Å². The standard InChI is InChI=1S/C13H17NO3/c1-3-17-13(16)9-12(14-10(2)15)11-7-5-4-6-8-11/h4-8,12H,3,9H2,1-2H3,(H,14,15)/i1D2. The van der Waals surface area contributed by atoms with Gasteiger partial charge < -0.3 is 10.1 Å². The average molecular weight is 237 g/mol. The molecule has 1 N–H and O–H groups in total.